The molecule has 0 unspecified atom stereocenters. The van der Waals surface area contributed by atoms with Gasteiger partial charge in [-0.2, -0.15) is 15.3 Å². The van der Waals surface area contributed by atoms with Gasteiger partial charge in [-0.05, 0) is 57.5 Å². The summed E-state index contributed by atoms with van der Waals surface area (Å²) in [5.41, 5.74) is 6.89. The number of aromatic amines is 1. The van der Waals surface area contributed by atoms with Crippen molar-refractivity contribution < 1.29 is 9.84 Å². The summed E-state index contributed by atoms with van der Waals surface area (Å²) in [5, 5.41) is 27.6. The van der Waals surface area contributed by atoms with E-state index < -0.39 is 0 Å². The monoisotopic (exact) mass is 475 g/mol. The second-order valence-corrected chi connectivity index (χ2v) is 9.53. The largest absolute Gasteiger partial charge is 0.473 e. The Labute approximate surface area is 205 Å². The predicted molar refractivity (Wildman–Crippen MR) is 137 cm³/mol. The summed E-state index contributed by atoms with van der Waals surface area (Å²) >= 11 is 0. The number of aliphatic hydroxyl groups excluding tert-OH is 1. The lowest BCUT2D eigenvalue weighted by Gasteiger charge is -2.30. The molecule has 3 aromatic heterocycles. The summed E-state index contributed by atoms with van der Waals surface area (Å²) in [4.78, 5) is 2.38. The number of aliphatic hydroxyl groups is 1. The van der Waals surface area contributed by atoms with Crippen LogP contribution in [0.15, 0.2) is 24.4 Å². The second-order valence-electron chi connectivity index (χ2n) is 9.53. The molecule has 1 atom stereocenters. The van der Waals surface area contributed by atoms with Gasteiger partial charge in [0.15, 0.2) is 0 Å². The number of nitrogens with zero attached hydrogens (tertiary/aromatic N) is 6. The van der Waals surface area contributed by atoms with Gasteiger partial charge in [-0.3, -0.25) is 14.7 Å². The first-order valence-electron chi connectivity index (χ1n) is 12.1. The number of aromatic nitrogens is 6. The molecule has 0 saturated carbocycles. The summed E-state index contributed by atoms with van der Waals surface area (Å²) in [6.07, 6.45) is 5.93. The molecule has 0 amide bonds. The Morgan fingerprint density at radius 3 is 2.86 bits per heavy atom. The fourth-order valence-electron chi connectivity index (χ4n) is 4.77. The van der Waals surface area contributed by atoms with Gasteiger partial charge in [0, 0.05) is 37.1 Å². The van der Waals surface area contributed by atoms with E-state index in [9.17, 15) is 5.11 Å². The minimum Gasteiger partial charge on any atom is -0.473 e. The van der Waals surface area contributed by atoms with E-state index in [1.54, 1.807) is 4.68 Å². The van der Waals surface area contributed by atoms with Crippen LogP contribution in [0, 0.1) is 6.92 Å². The normalized spacial score (nSPS) is 17.7. The van der Waals surface area contributed by atoms with Crippen molar-refractivity contribution >= 4 is 23.1 Å². The minimum absolute atomic E-state index is 0.0362. The van der Waals surface area contributed by atoms with Crippen molar-refractivity contribution in [1.82, 2.24) is 34.7 Å². The van der Waals surface area contributed by atoms with Gasteiger partial charge in [0.1, 0.15) is 6.10 Å². The highest BCUT2D eigenvalue weighted by Crippen LogP contribution is 2.33. The van der Waals surface area contributed by atoms with Gasteiger partial charge in [-0.1, -0.05) is 6.07 Å². The van der Waals surface area contributed by atoms with Crippen LogP contribution in [0.1, 0.15) is 43.4 Å². The molecule has 0 aliphatic carbocycles. The lowest BCUT2D eigenvalue weighted by molar-refractivity contribution is 0.109. The SMILES string of the molecule is Cc1nn(CCO)c2c1/C=C/c1n[nH]c3ccc(cc13)-c1cnn(C)c1O[C@@H](C)CN(C(C)C)C2. The highest BCUT2D eigenvalue weighted by atomic mass is 16.5. The van der Waals surface area contributed by atoms with Crippen molar-refractivity contribution in [2.75, 3.05) is 13.2 Å². The van der Waals surface area contributed by atoms with Gasteiger partial charge in [-0.15, -0.1) is 0 Å². The van der Waals surface area contributed by atoms with E-state index in [2.05, 4.69) is 59.2 Å². The zero-order valence-electron chi connectivity index (χ0n) is 21.0. The molecule has 2 N–H and O–H groups in total. The van der Waals surface area contributed by atoms with E-state index in [0.29, 0.717) is 19.1 Å². The Kier molecular flexibility index (Phi) is 6.21. The molecular weight excluding hydrogens is 442 g/mol. The Hall–Kier alpha value is -3.43. The number of nitrogens with one attached hydrogen (secondary N) is 1. The van der Waals surface area contributed by atoms with Gasteiger partial charge in [0.05, 0.1) is 47.5 Å². The molecular formula is C26H33N7O2. The van der Waals surface area contributed by atoms with Gasteiger partial charge in [0.2, 0.25) is 5.88 Å². The second kappa shape index (κ2) is 9.31. The third-order valence-electron chi connectivity index (χ3n) is 6.68. The fraction of sp³-hybridized carbons (Fsp3) is 0.423. The number of rotatable bonds is 3. The van der Waals surface area contributed by atoms with Crippen LogP contribution in [0.2, 0.25) is 0 Å². The van der Waals surface area contributed by atoms with E-state index in [0.717, 1.165) is 57.1 Å². The first-order valence-corrected chi connectivity index (χ1v) is 12.1. The number of H-pyrrole nitrogens is 1. The Balaban J connectivity index is 1.70. The summed E-state index contributed by atoms with van der Waals surface area (Å²) in [6, 6.07) is 6.54. The molecule has 0 radical (unpaired) electrons. The maximum Gasteiger partial charge on any atom is 0.219 e. The van der Waals surface area contributed by atoms with Crippen LogP contribution in [0.25, 0.3) is 34.2 Å². The standard InChI is InChI=1S/C26H33N7O2/c1-16(2)32-14-17(3)35-26-22(13-27-31(26)5)19-6-8-23-21(12-19)24(29-28-23)9-7-20-18(4)30-33(10-11-34)25(20)15-32/h6-9,12-13,16-17,34H,10-11,14-15H2,1-5H3,(H,28,29)/b9-7+/t17-/m0/s1. The number of benzene rings is 1. The van der Waals surface area contributed by atoms with E-state index in [1.165, 1.54) is 0 Å². The first kappa shape index (κ1) is 23.3. The molecule has 184 valence electrons. The number of hydrogen-bond donors (Lipinski definition) is 2. The highest BCUT2D eigenvalue weighted by molar-refractivity contribution is 5.93. The number of fused-ring (bicyclic) bond motifs is 4. The summed E-state index contributed by atoms with van der Waals surface area (Å²) in [7, 11) is 1.91. The Morgan fingerprint density at radius 1 is 1.26 bits per heavy atom. The van der Waals surface area contributed by atoms with Crippen LogP contribution in [0.4, 0.5) is 0 Å². The number of ether oxygens (including phenoxy) is 1. The highest BCUT2D eigenvalue weighted by Gasteiger charge is 2.23. The van der Waals surface area contributed by atoms with Crippen LogP contribution in [0.3, 0.4) is 0 Å². The third-order valence-corrected chi connectivity index (χ3v) is 6.68. The summed E-state index contributed by atoms with van der Waals surface area (Å²) in [5.74, 6) is 0.748. The van der Waals surface area contributed by atoms with Gasteiger partial charge in [0.25, 0.3) is 0 Å². The molecule has 0 fully saturated rings. The van der Waals surface area contributed by atoms with E-state index in [-0.39, 0.29) is 12.7 Å². The minimum atomic E-state index is -0.0702. The molecule has 1 aliphatic heterocycles. The molecule has 0 spiro atoms. The number of hydrogen-bond acceptors (Lipinski definition) is 6. The van der Waals surface area contributed by atoms with Gasteiger partial charge in [-0.25, -0.2) is 4.68 Å². The lowest BCUT2D eigenvalue weighted by atomic mass is 10.0. The topological polar surface area (TPSA) is 97.0 Å². The van der Waals surface area contributed by atoms with E-state index in [4.69, 9.17) is 9.84 Å². The van der Waals surface area contributed by atoms with E-state index >= 15 is 0 Å². The molecule has 9 heteroatoms. The maximum absolute atomic E-state index is 9.67. The van der Waals surface area contributed by atoms with Crippen molar-refractivity contribution in [2.45, 2.75) is 52.9 Å². The quantitative estimate of drug-likeness (QED) is 0.470. The molecule has 1 aliphatic rings. The molecule has 2 bridgehead atoms. The van der Waals surface area contributed by atoms with Gasteiger partial charge < -0.3 is 9.84 Å². The summed E-state index contributed by atoms with van der Waals surface area (Å²) in [6.45, 7) is 10.4. The molecule has 35 heavy (non-hydrogen) atoms. The van der Waals surface area contributed by atoms with Crippen LogP contribution in [0.5, 0.6) is 5.88 Å². The number of aryl methyl sites for hydroxylation is 2. The van der Waals surface area contributed by atoms with Crippen molar-refractivity contribution in [3.05, 3.63) is 47.0 Å². The van der Waals surface area contributed by atoms with Gasteiger partial charge >= 0.3 is 0 Å². The molecule has 4 aromatic rings. The molecule has 9 nitrogen and oxygen atoms in total. The first-order chi connectivity index (χ1) is 16.9. The molecule has 5 rings (SSSR count). The fourth-order valence-corrected chi connectivity index (χ4v) is 4.77. The van der Waals surface area contributed by atoms with Crippen molar-refractivity contribution in [1.29, 1.82) is 0 Å². The van der Waals surface area contributed by atoms with E-state index in [1.807, 2.05) is 37.0 Å². The predicted octanol–water partition coefficient (Wildman–Crippen LogP) is 3.62. The average Bonchev–Trinajstić information content (AvgIpc) is 3.47. The third kappa shape index (κ3) is 4.37. The molecule has 4 heterocycles. The van der Waals surface area contributed by atoms with Crippen molar-refractivity contribution in [2.24, 2.45) is 7.05 Å². The van der Waals surface area contributed by atoms with Crippen LogP contribution < -0.4 is 4.74 Å². The van der Waals surface area contributed by atoms with Crippen molar-refractivity contribution in [3.63, 3.8) is 0 Å². The van der Waals surface area contributed by atoms with Crippen LogP contribution in [-0.2, 0) is 20.1 Å². The zero-order valence-corrected chi connectivity index (χ0v) is 21.0. The molecule has 1 aromatic carbocycles. The average molecular weight is 476 g/mol. The smallest absolute Gasteiger partial charge is 0.219 e. The Morgan fingerprint density at radius 2 is 2.09 bits per heavy atom. The van der Waals surface area contributed by atoms with Crippen molar-refractivity contribution in [3.8, 4) is 17.0 Å². The maximum atomic E-state index is 9.67. The van der Waals surface area contributed by atoms with Crippen LogP contribution in [-0.4, -0.2) is 65.1 Å². The Bertz CT molecular complexity index is 1380. The zero-order chi connectivity index (χ0) is 24.7. The molecule has 0 saturated heterocycles. The lowest BCUT2D eigenvalue weighted by Crippen LogP contribution is -2.39. The summed E-state index contributed by atoms with van der Waals surface area (Å²) < 4.78 is 10.2. The van der Waals surface area contributed by atoms with Crippen LogP contribution >= 0.6 is 0 Å².